The molecule has 2 aliphatic heterocycles. The molecule has 10 heteroatoms. The highest BCUT2D eigenvalue weighted by Gasteiger charge is 2.35. The van der Waals surface area contributed by atoms with Crippen molar-refractivity contribution in [1.82, 2.24) is 14.9 Å². The molecule has 1 aliphatic carbocycles. The van der Waals surface area contributed by atoms with E-state index in [4.69, 9.17) is 4.74 Å². The van der Waals surface area contributed by atoms with E-state index in [9.17, 15) is 13.2 Å². The van der Waals surface area contributed by atoms with Gasteiger partial charge in [0.25, 0.3) is 10.0 Å². The van der Waals surface area contributed by atoms with Crippen LogP contribution < -0.4 is 14.8 Å². The number of aromatic nitrogens is 2. The fraction of sp³-hybridized carbons (Fsp3) is 0.433. The second kappa shape index (κ2) is 10.8. The molecule has 2 fully saturated rings. The lowest BCUT2D eigenvalue weighted by Crippen LogP contribution is -2.50. The van der Waals surface area contributed by atoms with E-state index in [-0.39, 0.29) is 34.7 Å². The molecule has 1 amide bonds. The highest BCUT2D eigenvalue weighted by atomic mass is 32.2. The van der Waals surface area contributed by atoms with Gasteiger partial charge in [0.15, 0.2) is 0 Å². The maximum absolute atomic E-state index is 13.5. The molecule has 40 heavy (non-hydrogen) atoms. The molecule has 1 aromatic heterocycles. The molecule has 2 N–H and O–H groups in total. The van der Waals surface area contributed by atoms with Crippen molar-refractivity contribution in [1.29, 1.82) is 0 Å². The predicted molar refractivity (Wildman–Crippen MR) is 154 cm³/mol. The van der Waals surface area contributed by atoms with Gasteiger partial charge in [-0.2, -0.15) is 4.98 Å². The van der Waals surface area contributed by atoms with Gasteiger partial charge in [0.1, 0.15) is 6.10 Å². The third-order valence-corrected chi connectivity index (χ3v) is 9.54. The van der Waals surface area contributed by atoms with Crippen molar-refractivity contribution in [3.8, 4) is 17.1 Å². The number of likely N-dealkylation sites (tertiary alicyclic amines) is 1. The molecule has 3 aromatic rings. The minimum Gasteiger partial charge on any atom is -0.473 e. The highest BCUT2D eigenvalue weighted by molar-refractivity contribution is 7.92. The number of aryl methyl sites for hydroxylation is 2. The number of anilines is 2. The predicted octanol–water partition coefficient (Wildman–Crippen LogP) is 4.77. The minimum absolute atomic E-state index is 0.00952. The van der Waals surface area contributed by atoms with Gasteiger partial charge in [-0.3, -0.25) is 9.69 Å². The number of piperidine rings is 1. The summed E-state index contributed by atoms with van der Waals surface area (Å²) in [5, 5.41) is 2.95. The summed E-state index contributed by atoms with van der Waals surface area (Å²) in [4.78, 5) is 24.9. The van der Waals surface area contributed by atoms with Crippen LogP contribution in [-0.4, -0.2) is 54.9 Å². The summed E-state index contributed by atoms with van der Waals surface area (Å²) >= 11 is 0. The normalized spacial score (nSPS) is 23.0. The van der Waals surface area contributed by atoms with E-state index in [1.807, 2.05) is 32.0 Å². The zero-order valence-corrected chi connectivity index (χ0v) is 23.7. The van der Waals surface area contributed by atoms with E-state index in [2.05, 4.69) is 24.9 Å². The number of ether oxygens (including phenoxy) is 1. The number of hydrogen-bond donors (Lipinski definition) is 2. The lowest BCUT2D eigenvalue weighted by molar-refractivity contribution is -0.123. The monoisotopic (exact) mass is 561 g/mol. The molecule has 6 bridgehead atoms. The van der Waals surface area contributed by atoms with E-state index in [1.165, 1.54) is 37.8 Å². The number of rotatable bonds is 3. The van der Waals surface area contributed by atoms with Gasteiger partial charge < -0.3 is 10.1 Å². The molecule has 210 valence electrons. The van der Waals surface area contributed by atoms with E-state index in [1.54, 1.807) is 18.2 Å². The molecule has 0 radical (unpaired) electrons. The Kier molecular flexibility index (Phi) is 7.22. The molecule has 2 atom stereocenters. The first-order valence-electron chi connectivity index (χ1n) is 14.0. The fourth-order valence-electron chi connectivity index (χ4n) is 6.34. The van der Waals surface area contributed by atoms with Gasteiger partial charge in [-0.15, -0.1) is 0 Å². The van der Waals surface area contributed by atoms with E-state index < -0.39 is 10.0 Å². The molecule has 0 unspecified atom stereocenters. The van der Waals surface area contributed by atoms with Crippen LogP contribution in [-0.2, 0) is 14.8 Å². The van der Waals surface area contributed by atoms with Gasteiger partial charge in [0.2, 0.25) is 17.7 Å². The van der Waals surface area contributed by atoms with Crippen molar-refractivity contribution in [3.63, 3.8) is 0 Å². The molecule has 1 saturated heterocycles. The van der Waals surface area contributed by atoms with Crippen LogP contribution in [0.4, 0.5) is 11.6 Å². The minimum atomic E-state index is -4.04. The van der Waals surface area contributed by atoms with E-state index >= 15 is 0 Å². The molecule has 3 aliphatic rings. The van der Waals surface area contributed by atoms with Crippen LogP contribution in [0.5, 0.6) is 5.88 Å². The summed E-state index contributed by atoms with van der Waals surface area (Å²) in [6, 6.07) is 14.0. The number of fused-ring (bicyclic) bond motifs is 6. The van der Waals surface area contributed by atoms with Crippen molar-refractivity contribution < 1.29 is 17.9 Å². The Balaban J connectivity index is 1.43. The zero-order chi connectivity index (χ0) is 27.9. The lowest BCUT2D eigenvalue weighted by Gasteiger charge is -2.38. The molecular weight excluding hydrogens is 526 g/mol. The number of amides is 1. The van der Waals surface area contributed by atoms with Crippen LogP contribution in [0, 0.1) is 25.7 Å². The van der Waals surface area contributed by atoms with Crippen LogP contribution in [0.1, 0.15) is 43.2 Å². The van der Waals surface area contributed by atoms with Crippen molar-refractivity contribution >= 4 is 27.6 Å². The third kappa shape index (κ3) is 5.69. The summed E-state index contributed by atoms with van der Waals surface area (Å²) in [5.74, 6) is 0.421. The van der Waals surface area contributed by atoms with Crippen LogP contribution in [0.2, 0.25) is 0 Å². The lowest BCUT2D eigenvalue weighted by atomic mass is 9.93. The van der Waals surface area contributed by atoms with Crippen LogP contribution in [0.25, 0.3) is 11.3 Å². The van der Waals surface area contributed by atoms with Crippen LogP contribution in [0.3, 0.4) is 0 Å². The summed E-state index contributed by atoms with van der Waals surface area (Å²) in [7, 11) is -4.04. The smallest absolute Gasteiger partial charge is 0.264 e. The van der Waals surface area contributed by atoms with Crippen molar-refractivity contribution in [2.45, 2.75) is 57.0 Å². The number of benzene rings is 2. The maximum atomic E-state index is 13.5. The highest BCUT2D eigenvalue weighted by Crippen LogP contribution is 2.32. The Hall–Kier alpha value is -3.50. The molecule has 6 rings (SSSR count). The SMILES string of the molecule is Cc1cccc(C)c1-c1cc2nc(n1)NS(=O)(=O)c1cccc(c1)NC(=O)[C@@H]1C[C@@H](CN(CC3CCCC3)C1)O2. The Bertz CT molecular complexity index is 1520. The fourth-order valence-corrected chi connectivity index (χ4v) is 7.33. The van der Waals surface area contributed by atoms with Crippen LogP contribution in [0.15, 0.2) is 53.4 Å². The average molecular weight is 562 g/mol. The van der Waals surface area contributed by atoms with E-state index in [0.717, 1.165) is 23.2 Å². The van der Waals surface area contributed by atoms with Crippen molar-refractivity contribution in [2.24, 2.45) is 11.8 Å². The Morgan fingerprint density at radius 2 is 1.75 bits per heavy atom. The number of carbonyl (C=O) groups is 1. The first-order chi connectivity index (χ1) is 19.2. The van der Waals surface area contributed by atoms with Crippen molar-refractivity contribution in [2.75, 3.05) is 29.7 Å². The first kappa shape index (κ1) is 26.7. The van der Waals surface area contributed by atoms with Gasteiger partial charge in [-0.25, -0.2) is 18.1 Å². The second-order valence-electron chi connectivity index (χ2n) is 11.3. The van der Waals surface area contributed by atoms with Gasteiger partial charge >= 0.3 is 0 Å². The zero-order valence-electron chi connectivity index (χ0n) is 22.9. The Morgan fingerprint density at radius 1 is 1.00 bits per heavy atom. The third-order valence-electron chi connectivity index (χ3n) is 8.21. The van der Waals surface area contributed by atoms with Gasteiger partial charge in [0.05, 0.1) is 16.5 Å². The summed E-state index contributed by atoms with van der Waals surface area (Å²) in [6.07, 6.45) is 5.22. The number of nitrogens with one attached hydrogen (secondary N) is 2. The Morgan fingerprint density at radius 3 is 2.52 bits per heavy atom. The van der Waals surface area contributed by atoms with Crippen LogP contribution >= 0.6 is 0 Å². The Labute approximate surface area is 235 Å². The van der Waals surface area contributed by atoms with Gasteiger partial charge in [-0.1, -0.05) is 37.1 Å². The average Bonchev–Trinajstić information content (AvgIpc) is 3.41. The quantitative estimate of drug-likeness (QED) is 0.473. The van der Waals surface area contributed by atoms with Crippen molar-refractivity contribution in [3.05, 3.63) is 59.7 Å². The topological polar surface area (TPSA) is 114 Å². The van der Waals surface area contributed by atoms with Gasteiger partial charge in [0, 0.05) is 37.0 Å². The number of hydrogen-bond acceptors (Lipinski definition) is 7. The number of sulfonamides is 1. The number of carbonyl (C=O) groups excluding carboxylic acids is 1. The molecule has 2 aromatic carbocycles. The second-order valence-corrected chi connectivity index (χ2v) is 13.0. The first-order valence-corrected chi connectivity index (χ1v) is 15.5. The van der Waals surface area contributed by atoms with Gasteiger partial charge in [-0.05, 0) is 68.4 Å². The molecular formula is C30H35N5O4S. The van der Waals surface area contributed by atoms with E-state index in [0.29, 0.717) is 36.8 Å². The summed E-state index contributed by atoms with van der Waals surface area (Å²) in [5.41, 5.74) is 3.94. The molecule has 1 saturated carbocycles. The molecule has 0 spiro atoms. The summed E-state index contributed by atoms with van der Waals surface area (Å²) in [6.45, 7) is 6.26. The largest absolute Gasteiger partial charge is 0.473 e. The molecule has 9 nitrogen and oxygen atoms in total. The summed E-state index contributed by atoms with van der Waals surface area (Å²) < 4.78 is 35.7. The maximum Gasteiger partial charge on any atom is 0.264 e. The molecule has 3 heterocycles. The standard InChI is InChI=1S/C30H35N5O4S/c1-19-7-5-8-20(2)28(19)26-15-27-33-30(32-26)34-40(37,38)25-12-6-11-23(14-25)31-29(36)22-13-24(39-27)18-35(17-22)16-21-9-3-4-10-21/h5-8,11-12,14-15,21-22,24H,3-4,9-10,13,16-18H2,1-2H3,(H,31,36)(H,32,33,34)/t22-,24+/m1/s1. The number of nitrogens with zero attached hydrogens (tertiary/aromatic N) is 3.